The molecular weight excluding hydrogens is 248 g/mol. The SMILES string of the molecule is CCCCCCc1cc2c(cc1O)C(C)CC(C)(C)O2. The van der Waals surface area contributed by atoms with Gasteiger partial charge in [0.25, 0.3) is 0 Å². The predicted molar refractivity (Wildman–Crippen MR) is 83.7 cm³/mol. The van der Waals surface area contributed by atoms with E-state index >= 15 is 0 Å². The smallest absolute Gasteiger partial charge is 0.124 e. The topological polar surface area (TPSA) is 29.5 Å². The maximum absolute atomic E-state index is 10.2. The maximum Gasteiger partial charge on any atom is 0.124 e. The molecule has 1 aliphatic rings. The summed E-state index contributed by atoms with van der Waals surface area (Å²) in [5, 5.41) is 10.2. The number of benzene rings is 1. The first kappa shape index (κ1) is 15.2. The molecule has 0 fully saturated rings. The number of fused-ring (bicyclic) bond motifs is 1. The van der Waals surface area contributed by atoms with Crippen molar-refractivity contribution in [2.75, 3.05) is 0 Å². The summed E-state index contributed by atoms with van der Waals surface area (Å²) in [5.74, 6) is 1.85. The first-order valence-corrected chi connectivity index (χ1v) is 7.98. The minimum absolute atomic E-state index is 0.108. The van der Waals surface area contributed by atoms with Gasteiger partial charge in [0.2, 0.25) is 0 Å². The van der Waals surface area contributed by atoms with Crippen LogP contribution in [0.15, 0.2) is 12.1 Å². The van der Waals surface area contributed by atoms with Gasteiger partial charge in [0.1, 0.15) is 17.1 Å². The Morgan fingerprint density at radius 1 is 1.25 bits per heavy atom. The Bertz CT molecular complexity index is 463. The van der Waals surface area contributed by atoms with Gasteiger partial charge >= 0.3 is 0 Å². The average molecular weight is 276 g/mol. The molecule has 2 nitrogen and oxygen atoms in total. The molecule has 0 aliphatic carbocycles. The molecule has 1 unspecified atom stereocenters. The zero-order valence-corrected chi connectivity index (χ0v) is 13.3. The molecule has 2 rings (SSSR count). The van der Waals surface area contributed by atoms with Crippen molar-refractivity contribution in [3.63, 3.8) is 0 Å². The van der Waals surface area contributed by atoms with E-state index in [0.29, 0.717) is 11.7 Å². The minimum Gasteiger partial charge on any atom is -0.508 e. The van der Waals surface area contributed by atoms with Gasteiger partial charge in [-0.2, -0.15) is 0 Å². The van der Waals surface area contributed by atoms with E-state index in [9.17, 15) is 5.11 Å². The number of hydrogen-bond acceptors (Lipinski definition) is 2. The Balaban J connectivity index is 2.16. The summed E-state index contributed by atoms with van der Waals surface area (Å²) in [7, 11) is 0. The van der Waals surface area contributed by atoms with Crippen molar-refractivity contribution >= 4 is 0 Å². The molecule has 112 valence electrons. The number of rotatable bonds is 5. The van der Waals surface area contributed by atoms with E-state index in [1.165, 1.54) is 19.3 Å². The second kappa shape index (κ2) is 6.07. The number of unbranched alkanes of at least 4 members (excludes halogenated alkanes) is 3. The molecule has 0 saturated heterocycles. The quantitative estimate of drug-likeness (QED) is 0.751. The molecule has 20 heavy (non-hydrogen) atoms. The van der Waals surface area contributed by atoms with Gasteiger partial charge < -0.3 is 9.84 Å². The highest BCUT2D eigenvalue weighted by Crippen LogP contribution is 2.43. The number of ether oxygens (including phenoxy) is 1. The number of aryl methyl sites for hydroxylation is 1. The highest BCUT2D eigenvalue weighted by molar-refractivity contribution is 5.48. The lowest BCUT2D eigenvalue weighted by Crippen LogP contribution is -2.34. The summed E-state index contributed by atoms with van der Waals surface area (Å²) < 4.78 is 6.10. The number of phenolic OH excluding ortho intramolecular Hbond substituents is 1. The minimum atomic E-state index is -0.108. The summed E-state index contributed by atoms with van der Waals surface area (Å²) >= 11 is 0. The van der Waals surface area contributed by atoms with E-state index in [1.807, 2.05) is 6.07 Å². The van der Waals surface area contributed by atoms with Gasteiger partial charge in [-0.25, -0.2) is 0 Å². The van der Waals surface area contributed by atoms with Gasteiger partial charge in [0.05, 0.1) is 0 Å². The van der Waals surface area contributed by atoms with Crippen molar-refractivity contribution in [1.29, 1.82) is 0 Å². The lowest BCUT2D eigenvalue weighted by molar-refractivity contribution is 0.0743. The van der Waals surface area contributed by atoms with Crippen molar-refractivity contribution in [3.05, 3.63) is 23.3 Å². The Labute approximate surface area is 123 Å². The fraction of sp³-hybridized carbons (Fsp3) is 0.667. The van der Waals surface area contributed by atoms with Gasteiger partial charge in [-0.05, 0) is 56.7 Å². The van der Waals surface area contributed by atoms with Crippen LogP contribution >= 0.6 is 0 Å². The highest BCUT2D eigenvalue weighted by Gasteiger charge is 2.32. The van der Waals surface area contributed by atoms with Crippen LogP contribution < -0.4 is 4.74 Å². The second-order valence-corrected chi connectivity index (χ2v) is 6.80. The van der Waals surface area contributed by atoms with E-state index in [2.05, 4.69) is 33.8 Å². The fourth-order valence-electron chi connectivity index (χ4n) is 3.23. The molecule has 1 aromatic rings. The molecule has 1 aliphatic heterocycles. The van der Waals surface area contributed by atoms with Crippen LogP contribution in [0.1, 0.15) is 76.8 Å². The Hall–Kier alpha value is -1.18. The lowest BCUT2D eigenvalue weighted by Gasteiger charge is -2.36. The lowest BCUT2D eigenvalue weighted by atomic mass is 9.85. The van der Waals surface area contributed by atoms with Gasteiger partial charge in [-0.15, -0.1) is 0 Å². The molecule has 1 atom stereocenters. The molecule has 1 aromatic carbocycles. The van der Waals surface area contributed by atoms with E-state index in [4.69, 9.17) is 4.74 Å². The molecule has 0 radical (unpaired) electrons. The van der Waals surface area contributed by atoms with Crippen LogP contribution in [-0.4, -0.2) is 10.7 Å². The largest absolute Gasteiger partial charge is 0.508 e. The highest BCUT2D eigenvalue weighted by atomic mass is 16.5. The molecule has 0 saturated carbocycles. The third kappa shape index (κ3) is 3.47. The van der Waals surface area contributed by atoms with Crippen LogP contribution in [-0.2, 0) is 6.42 Å². The van der Waals surface area contributed by atoms with Crippen LogP contribution in [0.3, 0.4) is 0 Å². The molecule has 0 spiro atoms. The van der Waals surface area contributed by atoms with E-state index in [1.54, 1.807) is 0 Å². The van der Waals surface area contributed by atoms with Crippen molar-refractivity contribution in [2.45, 2.75) is 77.7 Å². The summed E-state index contributed by atoms with van der Waals surface area (Å²) in [6, 6.07) is 3.98. The van der Waals surface area contributed by atoms with Crippen LogP contribution in [0.2, 0.25) is 0 Å². The summed E-state index contributed by atoms with van der Waals surface area (Å²) in [6.45, 7) is 8.71. The third-order valence-electron chi connectivity index (χ3n) is 4.23. The van der Waals surface area contributed by atoms with E-state index < -0.39 is 0 Å². The maximum atomic E-state index is 10.2. The van der Waals surface area contributed by atoms with Crippen molar-refractivity contribution in [2.24, 2.45) is 0 Å². The van der Waals surface area contributed by atoms with Gasteiger partial charge in [0.15, 0.2) is 0 Å². The molecule has 0 bridgehead atoms. The summed E-state index contributed by atoms with van der Waals surface area (Å²) in [5.41, 5.74) is 2.08. The van der Waals surface area contributed by atoms with Crippen LogP contribution in [0.25, 0.3) is 0 Å². The fourth-order valence-corrected chi connectivity index (χ4v) is 3.23. The second-order valence-electron chi connectivity index (χ2n) is 6.80. The van der Waals surface area contributed by atoms with Crippen molar-refractivity contribution < 1.29 is 9.84 Å². The summed E-state index contributed by atoms with van der Waals surface area (Å²) in [4.78, 5) is 0. The number of hydrogen-bond donors (Lipinski definition) is 1. The van der Waals surface area contributed by atoms with Gasteiger partial charge in [-0.1, -0.05) is 33.1 Å². The van der Waals surface area contributed by atoms with Crippen molar-refractivity contribution in [1.82, 2.24) is 0 Å². The van der Waals surface area contributed by atoms with Crippen LogP contribution in [0.5, 0.6) is 11.5 Å². The zero-order chi connectivity index (χ0) is 14.8. The molecule has 2 heteroatoms. The monoisotopic (exact) mass is 276 g/mol. The Kier molecular flexibility index (Phi) is 4.62. The molecule has 1 heterocycles. The van der Waals surface area contributed by atoms with Gasteiger partial charge in [0, 0.05) is 5.56 Å². The van der Waals surface area contributed by atoms with E-state index in [0.717, 1.165) is 36.1 Å². The molecular formula is C18H28O2. The first-order valence-electron chi connectivity index (χ1n) is 7.98. The number of aromatic hydroxyl groups is 1. The Morgan fingerprint density at radius 3 is 2.70 bits per heavy atom. The Morgan fingerprint density at radius 2 is 2.00 bits per heavy atom. The molecule has 0 amide bonds. The first-order chi connectivity index (χ1) is 9.43. The van der Waals surface area contributed by atoms with Crippen LogP contribution in [0.4, 0.5) is 0 Å². The van der Waals surface area contributed by atoms with Crippen molar-refractivity contribution in [3.8, 4) is 11.5 Å². The third-order valence-corrected chi connectivity index (χ3v) is 4.23. The molecule has 1 N–H and O–H groups in total. The standard InChI is InChI=1S/C18H28O2/c1-5-6-7-8-9-14-10-17-15(11-16(14)19)13(2)12-18(3,4)20-17/h10-11,13,19H,5-9,12H2,1-4H3. The number of phenols is 1. The van der Waals surface area contributed by atoms with E-state index in [-0.39, 0.29) is 5.60 Å². The van der Waals surface area contributed by atoms with Crippen LogP contribution in [0, 0.1) is 0 Å². The van der Waals surface area contributed by atoms with Gasteiger partial charge in [-0.3, -0.25) is 0 Å². The summed E-state index contributed by atoms with van der Waals surface area (Å²) in [6.07, 6.45) is 6.82. The predicted octanol–water partition coefficient (Wildman–Crippen LogP) is 5.18. The average Bonchev–Trinajstić information content (AvgIpc) is 2.35. The normalized spacial score (nSPS) is 20.3. The zero-order valence-electron chi connectivity index (χ0n) is 13.3. The molecule has 0 aromatic heterocycles.